The standard InChI is InChI=1S/C21H26N6O3S/c1-15-13-19(16(2)12-18(15)30-4)31(28,29)26-10-8-25(9-11-26)20-14-21(24-17(3)23-20)27-7-5-6-22-27/h5-7,12-14H,8-11H2,1-4H3. The predicted molar refractivity (Wildman–Crippen MR) is 117 cm³/mol. The molecule has 4 rings (SSSR count). The van der Waals surface area contributed by atoms with Crippen LogP contribution in [0.4, 0.5) is 5.82 Å². The second-order valence-electron chi connectivity index (χ2n) is 7.56. The van der Waals surface area contributed by atoms with Gasteiger partial charge in [0.05, 0.1) is 12.0 Å². The average molecular weight is 443 g/mol. The molecule has 31 heavy (non-hydrogen) atoms. The van der Waals surface area contributed by atoms with Crippen LogP contribution in [0.2, 0.25) is 0 Å². The summed E-state index contributed by atoms with van der Waals surface area (Å²) < 4.78 is 35.1. The van der Waals surface area contributed by atoms with E-state index in [1.807, 2.05) is 32.2 Å². The Bertz CT molecular complexity index is 1190. The molecule has 1 fully saturated rings. The maximum Gasteiger partial charge on any atom is 0.243 e. The minimum atomic E-state index is -3.59. The highest BCUT2D eigenvalue weighted by atomic mass is 32.2. The molecule has 2 aromatic heterocycles. The van der Waals surface area contributed by atoms with Gasteiger partial charge in [0, 0.05) is 44.6 Å². The molecule has 0 amide bonds. The van der Waals surface area contributed by atoms with Crippen molar-refractivity contribution in [2.24, 2.45) is 0 Å². The Morgan fingerprint density at radius 1 is 0.935 bits per heavy atom. The molecule has 164 valence electrons. The van der Waals surface area contributed by atoms with E-state index in [1.54, 1.807) is 41.4 Å². The van der Waals surface area contributed by atoms with Gasteiger partial charge in [-0.25, -0.2) is 23.1 Å². The highest BCUT2D eigenvalue weighted by Gasteiger charge is 2.30. The summed E-state index contributed by atoms with van der Waals surface area (Å²) in [4.78, 5) is 11.4. The zero-order valence-corrected chi connectivity index (χ0v) is 18.9. The molecule has 3 aromatic rings. The van der Waals surface area contributed by atoms with Crippen molar-refractivity contribution in [3.05, 3.63) is 53.6 Å². The normalized spacial score (nSPS) is 15.3. The van der Waals surface area contributed by atoms with E-state index in [0.717, 1.165) is 11.4 Å². The van der Waals surface area contributed by atoms with Crippen LogP contribution in [0.3, 0.4) is 0 Å². The van der Waals surface area contributed by atoms with Gasteiger partial charge in [0.1, 0.15) is 17.4 Å². The SMILES string of the molecule is COc1cc(C)c(S(=O)(=O)N2CCN(c3cc(-n4cccn4)nc(C)n3)CC2)cc1C. The third-order valence-electron chi connectivity index (χ3n) is 5.42. The first-order valence-corrected chi connectivity index (χ1v) is 11.5. The second kappa shape index (κ2) is 8.27. The van der Waals surface area contributed by atoms with Crippen molar-refractivity contribution in [2.45, 2.75) is 25.7 Å². The van der Waals surface area contributed by atoms with Crippen molar-refractivity contribution in [2.75, 3.05) is 38.2 Å². The molecule has 0 unspecified atom stereocenters. The lowest BCUT2D eigenvalue weighted by Gasteiger charge is -2.35. The molecule has 1 aromatic carbocycles. The van der Waals surface area contributed by atoms with E-state index in [9.17, 15) is 8.42 Å². The van der Waals surface area contributed by atoms with E-state index >= 15 is 0 Å². The van der Waals surface area contributed by atoms with E-state index < -0.39 is 10.0 Å². The van der Waals surface area contributed by atoms with Gasteiger partial charge in [0.15, 0.2) is 5.82 Å². The number of aromatic nitrogens is 4. The molecule has 9 nitrogen and oxygen atoms in total. The molecule has 0 aliphatic carbocycles. The Hall–Kier alpha value is -2.98. The Kier molecular flexibility index (Phi) is 5.67. The zero-order chi connectivity index (χ0) is 22.2. The van der Waals surface area contributed by atoms with Gasteiger partial charge >= 0.3 is 0 Å². The van der Waals surface area contributed by atoms with Crippen LogP contribution in [0.5, 0.6) is 5.75 Å². The molecule has 0 radical (unpaired) electrons. The summed E-state index contributed by atoms with van der Waals surface area (Å²) in [5.74, 6) is 2.79. The summed E-state index contributed by atoms with van der Waals surface area (Å²) in [6.45, 7) is 7.34. The van der Waals surface area contributed by atoms with Crippen LogP contribution < -0.4 is 9.64 Å². The van der Waals surface area contributed by atoms with Crippen LogP contribution in [0, 0.1) is 20.8 Å². The van der Waals surface area contributed by atoms with Crippen molar-refractivity contribution >= 4 is 15.8 Å². The van der Waals surface area contributed by atoms with Crippen molar-refractivity contribution in [1.29, 1.82) is 0 Å². The highest BCUT2D eigenvalue weighted by Crippen LogP contribution is 2.28. The number of benzene rings is 1. The summed E-state index contributed by atoms with van der Waals surface area (Å²) in [5.41, 5.74) is 1.48. The van der Waals surface area contributed by atoms with Gasteiger partial charge in [-0.15, -0.1) is 0 Å². The molecule has 0 bridgehead atoms. The Balaban J connectivity index is 1.53. The lowest BCUT2D eigenvalue weighted by atomic mass is 10.1. The third-order valence-corrected chi connectivity index (χ3v) is 7.46. The molecule has 0 saturated carbocycles. The summed E-state index contributed by atoms with van der Waals surface area (Å²) in [7, 11) is -2.01. The fourth-order valence-corrected chi connectivity index (χ4v) is 5.49. The van der Waals surface area contributed by atoms with Gasteiger partial charge in [0.2, 0.25) is 10.0 Å². The molecule has 3 heterocycles. The smallest absolute Gasteiger partial charge is 0.243 e. The first-order valence-electron chi connectivity index (χ1n) is 10.1. The lowest BCUT2D eigenvalue weighted by Crippen LogP contribution is -2.49. The predicted octanol–water partition coefficient (Wildman–Crippen LogP) is 2.11. The van der Waals surface area contributed by atoms with Crippen molar-refractivity contribution in [1.82, 2.24) is 24.1 Å². The molecule has 1 aliphatic heterocycles. The van der Waals surface area contributed by atoms with Gasteiger partial charge in [0.25, 0.3) is 0 Å². The lowest BCUT2D eigenvalue weighted by molar-refractivity contribution is 0.383. The Labute approximate surface area is 182 Å². The fraction of sp³-hybridized carbons (Fsp3) is 0.381. The fourth-order valence-electron chi connectivity index (χ4n) is 3.78. The molecule has 1 saturated heterocycles. The number of hydrogen-bond donors (Lipinski definition) is 0. The molecule has 0 atom stereocenters. The van der Waals surface area contributed by atoms with E-state index in [2.05, 4.69) is 20.0 Å². The van der Waals surface area contributed by atoms with Crippen LogP contribution in [0.25, 0.3) is 5.82 Å². The molecular formula is C21H26N6O3S. The minimum absolute atomic E-state index is 0.332. The van der Waals surface area contributed by atoms with Crippen LogP contribution in [-0.2, 0) is 10.0 Å². The molecule has 1 aliphatic rings. The Morgan fingerprint density at radius 3 is 2.29 bits per heavy atom. The van der Waals surface area contributed by atoms with Crippen LogP contribution in [-0.4, -0.2) is 65.8 Å². The van der Waals surface area contributed by atoms with Crippen molar-refractivity contribution in [3.63, 3.8) is 0 Å². The topological polar surface area (TPSA) is 93.5 Å². The van der Waals surface area contributed by atoms with E-state index in [0.29, 0.717) is 54.0 Å². The summed E-state index contributed by atoms with van der Waals surface area (Å²) in [5, 5.41) is 4.23. The number of anilines is 1. The number of methoxy groups -OCH3 is 1. The monoisotopic (exact) mass is 442 g/mol. The van der Waals surface area contributed by atoms with Gasteiger partial charge in [-0.1, -0.05) is 0 Å². The van der Waals surface area contributed by atoms with Gasteiger partial charge < -0.3 is 9.64 Å². The average Bonchev–Trinajstić information content (AvgIpc) is 3.29. The highest BCUT2D eigenvalue weighted by molar-refractivity contribution is 7.89. The molecular weight excluding hydrogens is 416 g/mol. The number of ether oxygens (including phenoxy) is 1. The summed E-state index contributed by atoms with van der Waals surface area (Å²) >= 11 is 0. The van der Waals surface area contributed by atoms with Crippen molar-refractivity contribution < 1.29 is 13.2 Å². The summed E-state index contributed by atoms with van der Waals surface area (Å²) in [6, 6.07) is 7.18. The molecule has 0 spiro atoms. The van der Waals surface area contributed by atoms with Crippen molar-refractivity contribution in [3.8, 4) is 11.6 Å². The number of hydrogen-bond acceptors (Lipinski definition) is 7. The van der Waals surface area contributed by atoms with Gasteiger partial charge in [-0.2, -0.15) is 9.40 Å². The number of piperazine rings is 1. The quantitative estimate of drug-likeness (QED) is 0.597. The van der Waals surface area contributed by atoms with Crippen LogP contribution >= 0.6 is 0 Å². The first kappa shape index (κ1) is 21.3. The zero-order valence-electron chi connectivity index (χ0n) is 18.1. The van der Waals surface area contributed by atoms with E-state index in [1.165, 1.54) is 0 Å². The van der Waals surface area contributed by atoms with Crippen LogP contribution in [0.1, 0.15) is 17.0 Å². The maximum absolute atomic E-state index is 13.3. The van der Waals surface area contributed by atoms with E-state index in [4.69, 9.17) is 4.74 Å². The summed E-state index contributed by atoms with van der Waals surface area (Å²) in [6.07, 6.45) is 3.53. The number of aryl methyl sites for hydroxylation is 3. The number of rotatable bonds is 5. The van der Waals surface area contributed by atoms with Crippen LogP contribution in [0.15, 0.2) is 41.6 Å². The minimum Gasteiger partial charge on any atom is -0.496 e. The maximum atomic E-state index is 13.3. The number of sulfonamides is 1. The Morgan fingerprint density at radius 2 is 1.65 bits per heavy atom. The third kappa shape index (κ3) is 4.13. The second-order valence-corrected chi connectivity index (χ2v) is 9.47. The largest absolute Gasteiger partial charge is 0.496 e. The molecule has 10 heteroatoms. The molecule has 0 N–H and O–H groups in total. The number of nitrogens with zero attached hydrogens (tertiary/aromatic N) is 6. The first-order chi connectivity index (χ1) is 14.8. The van der Waals surface area contributed by atoms with Gasteiger partial charge in [-0.05, 0) is 50.1 Å². The van der Waals surface area contributed by atoms with E-state index in [-0.39, 0.29) is 0 Å². The van der Waals surface area contributed by atoms with Gasteiger partial charge in [-0.3, -0.25) is 0 Å².